The molecule has 4 rings (SSSR count). The van der Waals surface area contributed by atoms with Gasteiger partial charge in [-0.3, -0.25) is 4.79 Å². The number of nitrogens with one attached hydrogen (secondary N) is 1. The summed E-state index contributed by atoms with van der Waals surface area (Å²) in [4.78, 5) is 17.7. The highest BCUT2D eigenvalue weighted by Crippen LogP contribution is 2.29. The van der Waals surface area contributed by atoms with Crippen LogP contribution < -0.4 is 14.8 Å². The number of ether oxygens (including phenoxy) is 2. The van der Waals surface area contributed by atoms with Crippen molar-refractivity contribution in [3.63, 3.8) is 0 Å². The van der Waals surface area contributed by atoms with Gasteiger partial charge in [-0.05, 0) is 37.3 Å². The van der Waals surface area contributed by atoms with Crippen LogP contribution in [0.25, 0.3) is 16.7 Å². The predicted octanol–water partition coefficient (Wildman–Crippen LogP) is 4.00. The van der Waals surface area contributed by atoms with Crippen LogP contribution in [0.2, 0.25) is 0 Å². The van der Waals surface area contributed by atoms with E-state index in [9.17, 15) is 4.79 Å². The first-order valence-electron chi connectivity index (χ1n) is 9.06. The van der Waals surface area contributed by atoms with Crippen molar-refractivity contribution in [3.8, 4) is 17.3 Å². The lowest BCUT2D eigenvalue weighted by Gasteiger charge is -2.13. The number of aromatic nitrogens is 3. The van der Waals surface area contributed by atoms with Crippen LogP contribution in [0.3, 0.4) is 0 Å². The van der Waals surface area contributed by atoms with E-state index in [1.807, 2.05) is 43.3 Å². The first kappa shape index (κ1) is 18.5. The number of fused-ring (bicyclic) bond motifs is 1. The molecule has 0 atom stereocenters. The largest absolute Gasteiger partial charge is 0.496 e. The van der Waals surface area contributed by atoms with E-state index in [-0.39, 0.29) is 5.91 Å². The highest BCUT2D eigenvalue weighted by molar-refractivity contribution is 6.08. The van der Waals surface area contributed by atoms with Gasteiger partial charge in [0.15, 0.2) is 5.82 Å². The third kappa shape index (κ3) is 3.50. The predicted molar refractivity (Wildman–Crippen MR) is 111 cm³/mol. The van der Waals surface area contributed by atoms with Crippen molar-refractivity contribution in [2.24, 2.45) is 0 Å². The van der Waals surface area contributed by atoms with Crippen LogP contribution in [0.15, 0.2) is 60.7 Å². The fourth-order valence-corrected chi connectivity index (χ4v) is 3.19. The van der Waals surface area contributed by atoms with E-state index in [1.54, 1.807) is 28.9 Å². The van der Waals surface area contributed by atoms with Gasteiger partial charge in [0.25, 0.3) is 5.91 Å². The molecule has 146 valence electrons. The van der Waals surface area contributed by atoms with E-state index in [4.69, 9.17) is 9.47 Å². The van der Waals surface area contributed by atoms with Crippen molar-refractivity contribution in [1.29, 1.82) is 0 Å². The van der Waals surface area contributed by atoms with Gasteiger partial charge < -0.3 is 14.8 Å². The zero-order valence-corrected chi connectivity index (χ0v) is 16.3. The molecular formula is C22H20N4O3. The van der Waals surface area contributed by atoms with Crippen molar-refractivity contribution in [3.05, 3.63) is 71.9 Å². The minimum absolute atomic E-state index is 0.314. The summed E-state index contributed by atoms with van der Waals surface area (Å²) < 4.78 is 12.3. The Bertz CT molecular complexity index is 1180. The number of methoxy groups -OCH3 is 2. The number of hydrogen-bond donors (Lipinski definition) is 1. The SMILES string of the molecule is COc1cccc(OC)c1C(=O)Nc1cc(C)nn1-c1ccc2ccccc2n1. The second-order valence-electron chi connectivity index (χ2n) is 6.44. The number of rotatable bonds is 5. The lowest BCUT2D eigenvalue weighted by Crippen LogP contribution is -2.17. The molecule has 2 heterocycles. The molecule has 0 radical (unpaired) electrons. The van der Waals surface area contributed by atoms with Crippen molar-refractivity contribution >= 4 is 22.6 Å². The van der Waals surface area contributed by atoms with Crippen molar-refractivity contribution in [2.45, 2.75) is 6.92 Å². The molecule has 29 heavy (non-hydrogen) atoms. The van der Waals surface area contributed by atoms with Crippen LogP contribution in [0.4, 0.5) is 5.82 Å². The number of pyridine rings is 1. The maximum atomic E-state index is 13.0. The van der Waals surface area contributed by atoms with E-state index < -0.39 is 0 Å². The van der Waals surface area contributed by atoms with E-state index in [2.05, 4.69) is 15.4 Å². The van der Waals surface area contributed by atoms with Gasteiger partial charge in [0.1, 0.15) is 22.9 Å². The van der Waals surface area contributed by atoms with Crippen LogP contribution >= 0.6 is 0 Å². The lowest BCUT2D eigenvalue weighted by molar-refractivity contribution is 0.102. The number of para-hydroxylation sites is 1. The van der Waals surface area contributed by atoms with Crippen molar-refractivity contribution in [2.75, 3.05) is 19.5 Å². The fourth-order valence-electron chi connectivity index (χ4n) is 3.19. The van der Waals surface area contributed by atoms with Gasteiger partial charge in [0.2, 0.25) is 0 Å². The number of carbonyl (C=O) groups excluding carboxylic acids is 1. The minimum atomic E-state index is -0.360. The zero-order chi connectivity index (χ0) is 20.4. The summed E-state index contributed by atoms with van der Waals surface area (Å²) >= 11 is 0. The maximum absolute atomic E-state index is 13.0. The van der Waals surface area contributed by atoms with Gasteiger partial charge in [-0.2, -0.15) is 9.78 Å². The Hall–Kier alpha value is -3.87. The van der Waals surface area contributed by atoms with E-state index in [0.717, 1.165) is 16.6 Å². The number of aryl methyl sites for hydroxylation is 1. The summed E-state index contributed by atoms with van der Waals surface area (Å²) in [5.41, 5.74) is 1.92. The molecule has 0 saturated heterocycles. The Labute approximate surface area is 167 Å². The Morgan fingerprint density at radius 1 is 0.966 bits per heavy atom. The lowest BCUT2D eigenvalue weighted by atomic mass is 10.1. The van der Waals surface area contributed by atoms with E-state index in [1.165, 1.54) is 14.2 Å². The molecular weight excluding hydrogens is 368 g/mol. The molecule has 1 amide bonds. The van der Waals surface area contributed by atoms with Crippen molar-refractivity contribution in [1.82, 2.24) is 14.8 Å². The Morgan fingerprint density at radius 3 is 2.41 bits per heavy atom. The van der Waals surface area contributed by atoms with Crippen molar-refractivity contribution < 1.29 is 14.3 Å². The average molecular weight is 388 g/mol. The first-order valence-corrected chi connectivity index (χ1v) is 9.06. The molecule has 7 heteroatoms. The molecule has 0 spiro atoms. The number of nitrogens with zero attached hydrogens (tertiary/aromatic N) is 3. The summed E-state index contributed by atoms with van der Waals surface area (Å²) in [7, 11) is 3.03. The van der Waals surface area contributed by atoms with Gasteiger partial charge in [-0.1, -0.05) is 24.3 Å². The smallest absolute Gasteiger partial charge is 0.264 e. The van der Waals surface area contributed by atoms with E-state index >= 15 is 0 Å². The third-order valence-electron chi connectivity index (χ3n) is 4.53. The molecule has 7 nitrogen and oxygen atoms in total. The van der Waals surface area contributed by atoms with Crippen LogP contribution in [0.1, 0.15) is 16.1 Å². The normalized spacial score (nSPS) is 10.7. The monoisotopic (exact) mass is 388 g/mol. The maximum Gasteiger partial charge on any atom is 0.264 e. The third-order valence-corrected chi connectivity index (χ3v) is 4.53. The topological polar surface area (TPSA) is 78.3 Å². The summed E-state index contributed by atoms with van der Waals surface area (Å²) in [6.45, 7) is 1.86. The first-order chi connectivity index (χ1) is 14.1. The Balaban J connectivity index is 1.73. The number of hydrogen-bond acceptors (Lipinski definition) is 5. The highest BCUT2D eigenvalue weighted by Gasteiger charge is 2.20. The van der Waals surface area contributed by atoms with Crippen LogP contribution in [-0.2, 0) is 0 Å². The molecule has 1 N–H and O–H groups in total. The van der Waals surface area contributed by atoms with Gasteiger partial charge in [-0.25, -0.2) is 4.98 Å². The average Bonchev–Trinajstić information content (AvgIpc) is 3.12. The van der Waals surface area contributed by atoms with Gasteiger partial charge in [0.05, 0.1) is 25.4 Å². The van der Waals surface area contributed by atoms with Gasteiger partial charge >= 0.3 is 0 Å². The molecule has 4 aromatic rings. The summed E-state index contributed by atoms with van der Waals surface area (Å²) in [5.74, 6) is 1.60. The zero-order valence-electron chi connectivity index (χ0n) is 16.3. The van der Waals surface area contributed by atoms with Gasteiger partial charge in [-0.15, -0.1) is 0 Å². The molecule has 2 aromatic carbocycles. The van der Waals surface area contributed by atoms with Gasteiger partial charge in [0, 0.05) is 11.5 Å². The molecule has 0 unspecified atom stereocenters. The molecule has 0 bridgehead atoms. The van der Waals surface area contributed by atoms with Crippen LogP contribution in [0.5, 0.6) is 11.5 Å². The number of carbonyl (C=O) groups is 1. The number of anilines is 1. The Kier molecular flexibility index (Phi) is 4.87. The fraction of sp³-hybridized carbons (Fsp3) is 0.136. The number of benzene rings is 2. The quantitative estimate of drug-likeness (QED) is 0.559. The highest BCUT2D eigenvalue weighted by atomic mass is 16.5. The van der Waals surface area contributed by atoms with Crippen LogP contribution in [-0.4, -0.2) is 34.9 Å². The molecule has 0 saturated carbocycles. The Morgan fingerprint density at radius 2 is 1.69 bits per heavy atom. The number of amides is 1. The summed E-state index contributed by atoms with van der Waals surface area (Å²) in [6, 6.07) is 18.7. The summed E-state index contributed by atoms with van der Waals surface area (Å²) in [6.07, 6.45) is 0. The molecule has 0 fully saturated rings. The standard InChI is InChI=1S/C22H20N4O3/c1-14-13-20(24-22(27)21-17(28-2)9-6-10-18(21)29-3)26(25-14)19-12-11-15-7-4-5-8-16(15)23-19/h4-13H,1-3H3,(H,24,27). The second kappa shape index (κ2) is 7.63. The molecule has 0 aliphatic heterocycles. The minimum Gasteiger partial charge on any atom is -0.496 e. The van der Waals surface area contributed by atoms with E-state index in [0.29, 0.717) is 28.7 Å². The molecule has 0 aliphatic carbocycles. The molecule has 2 aromatic heterocycles. The van der Waals surface area contributed by atoms with Crippen LogP contribution in [0, 0.1) is 6.92 Å². The second-order valence-corrected chi connectivity index (χ2v) is 6.44. The molecule has 0 aliphatic rings. The summed E-state index contributed by atoms with van der Waals surface area (Å²) in [5, 5.41) is 8.43.